The van der Waals surface area contributed by atoms with Crippen LogP contribution in [-0.4, -0.2) is 17.8 Å². The molecule has 33 heavy (non-hydrogen) atoms. The Morgan fingerprint density at radius 3 is 2.42 bits per heavy atom. The van der Waals surface area contributed by atoms with E-state index in [4.69, 9.17) is 4.74 Å². The second-order valence-corrected chi connectivity index (χ2v) is 8.26. The van der Waals surface area contributed by atoms with Crippen molar-refractivity contribution in [3.8, 4) is 5.75 Å². The predicted octanol–water partition coefficient (Wildman–Crippen LogP) is 5.26. The summed E-state index contributed by atoms with van der Waals surface area (Å²) in [6, 6.07) is 21.4. The van der Waals surface area contributed by atoms with Gasteiger partial charge in [-0.2, -0.15) is 0 Å². The molecule has 0 atom stereocenters. The number of benzene rings is 3. The molecule has 1 saturated heterocycles. The van der Waals surface area contributed by atoms with Crippen LogP contribution in [0.2, 0.25) is 0 Å². The average Bonchev–Trinajstić information content (AvgIpc) is 2.82. The fourth-order valence-corrected chi connectivity index (χ4v) is 4.04. The zero-order valence-electron chi connectivity index (χ0n) is 17.9. The number of amides is 4. The highest BCUT2D eigenvalue weighted by Crippen LogP contribution is 2.29. The van der Waals surface area contributed by atoms with E-state index in [1.54, 1.807) is 30.3 Å². The summed E-state index contributed by atoms with van der Waals surface area (Å²) in [6.45, 7) is 2.35. The molecule has 3 aromatic carbocycles. The second kappa shape index (κ2) is 9.83. The number of ether oxygens (including phenoxy) is 1. The fraction of sp³-hybridized carbons (Fsp3) is 0.115. The summed E-state index contributed by atoms with van der Waals surface area (Å²) in [7, 11) is 0. The maximum Gasteiger partial charge on any atom is 0.335 e. The molecule has 6 nitrogen and oxygen atoms in total. The van der Waals surface area contributed by atoms with Crippen LogP contribution < -0.4 is 15.0 Å². The normalized spacial score (nSPS) is 15.0. The molecular weight excluding hydrogens is 484 g/mol. The molecule has 1 aliphatic heterocycles. The number of anilines is 1. The van der Waals surface area contributed by atoms with Gasteiger partial charge >= 0.3 is 6.03 Å². The molecule has 0 aliphatic carbocycles. The topological polar surface area (TPSA) is 75.7 Å². The average molecular weight is 505 g/mol. The van der Waals surface area contributed by atoms with E-state index in [1.165, 1.54) is 6.08 Å². The molecule has 1 N–H and O–H groups in total. The highest BCUT2D eigenvalue weighted by molar-refractivity contribution is 9.10. The van der Waals surface area contributed by atoms with E-state index >= 15 is 0 Å². The number of rotatable bonds is 6. The van der Waals surface area contributed by atoms with Gasteiger partial charge in [0.05, 0.1) is 10.2 Å². The maximum atomic E-state index is 13.2. The van der Waals surface area contributed by atoms with Crippen molar-refractivity contribution in [2.75, 3.05) is 4.90 Å². The Morgan fingerprint density at radius 1 is 0.970 bits per heavy atom. The third kappa shape index (κ3) is 4.88. The van der Waals surface area contributed by atoms with Gasteiger partial charge in [-0.05, 0) is 63.3 Å². The molecule has 4 amide bonds. The lowest BCUT2D eigenvalue weighted by Gasteiger charge is -2.28. The van der Waals surface area contributed by atoms with E-state index < -0.39 is 17.8 Å². The Labute approximate surface area is 200 Å². The Morgan fingerprint density at radius 2 is 1.70 bits per heavy atom. The van der Waals surface area contributed by atoms with Crippen molar-refractivity contribution in [3.05, 3.63) is 99.5 Å². The minimum atomic E-state index is -0.756. The molecule has 1 fully saturated rings. The number of para-hydroxylation sites is 1. The van der Waals surface area contributed by atoms with Crippen LogP contribution in [0.25, 0.3) is 6.08 Å². The van der Waals surface area contributed by atoms with Crippen LogP contribution >= 0.6 is 15.9 Å². The summed E-state index contributed by atoms with van der Waals surface area (Å²) in [5.41, 5.74) is 2.83. The van der Waals surface area contributed by atoms with Crippen LogP contribution in [0.1, 0.15) is 23.6 Å². The van der Waals surface area contributed by atoms with Gasteiger partial charge in [0, 0.05) is 0 Å². The van der Waals surface area contributed by atoms with Crippen LogP contribution in [0.15, 0.2) is 82.8 Å². The maximum absolute atomic E-state index is 13.2. The Balaban J connectivity index is 1.59. The Hall–Kier alpha value is -3.71. The van der Waals surface area contributed by atoms with Crippen molar-refractivity contribution in [2.45, 2.75) is 20.0 Å². The standard InChI is InChI=1S/C26H21BrN2O4/c1-2-19-10-6-7-11-22(19)29-25(31)20(24(30)28-26(29)32)14-18-12-13-23(21(27)15-18)33-16-17-8-4-3-5-9-17/h3-15H,2,16H2,1H3,(H,28,30,32)/b20-14-. The lowest BCUT2D eigenvalue weighted by molar-refractivity contribution is -0.122. The Kier molecular flexibility index (Phi) is 6.70. The van der Waals surface area contributed by atoms with Crippen LogP contribution in [0, 0.1) is 0 Å². The van der Waals surface area contributed by atoms with Crippen molar-refractivity contribution in [1.29, 1.82) is 0 Å². The van der Waals surface area contributed by atoms with E-state index in [0.717, 1.165) is 16.0 Å². The van der Waals surface area contributed by atoms with Gasteiger partial charge in [-0.15, -0.1) is 0 Å². The molecule has 0 spiro atoms. The molecule has 0 radical (unpaired) electrons. The lowest BCUT2D eigenvalue weighted by Crippen LogP contribution is -2.54. The molecule has 0 unspecified atom stereocenters. The zero-order valence-corrected chi connectivity index (χ0v) is 19.5. The Bertz CT molecular complexity index is 1250. The molecule has 0 bridgehead atoms. The number of carbonyl (C=O) groups excluding carboxylic acids is 3. The molecule has 4 rings (SSSR count). The van der Waals surface area contributed by atoms with Gasteiger partial charge < -0.3 is 4.74 Å². The van der Waals surface area contributed by atoms with Gasteiger partial charge in [-0.3, -0.25) is 14.9 Å². The number of aryl methyl sites for hydroxylation is 1. The van der Waals surface area contributed by atoms with Gasteiger partial charge in [0.1, 0.15) is 17.9 Å². The summed E-state index contributed by atoms with van der Waals surface area (Å²) in [5, 5.41) is 2.27. The van der Waals surface area contributed by atoms with Gasteiger partial charge in [0.2, 0.25) is 0 Å². The molecule has 1 aliphatic rings. The largest absolute Gasteiger partial charge is 0.488 e. The number of hydrogen-bond acceptors (Lipinski definition) is 4. The first-order valence-corrected chi connectivity index (χ1v) is 11.2. The highest BCUT2D eigenvalue weighted by Gasteiger charge is 2.37. The summed E-state index contributed by atoms with van der Waals surface area (Å²) in [6.07, 6.45) is 2.11. The van der Waals surface area contributed by atoms with Crippen molar-refractivity contribution in [2.24, 2.45) is 0 Å². The minimum Gasteiger partial charge on any atom is -0.488 e. The van der Waals surface area contributed by atoms with Gasteiger partial charge in [-0.1, -0.05) is 61.5 Å². The van der Waals surface area contributed by atoms with E-state index in [0.29, 0.717) is 34.5 Å². The van der Waals surface area contributed by atoms with Gasteiger partial charge in [0.15, 0.2) is 0 Å². The van der Waals surface area contributed by atoms with E-state index in [9.17, 15) is 14.4 Å². The molecule has 7 heteroatoms. The number of hydrogen-bond donors (Lipinski definition) is 1. The quantitative estimate of drug-likeness (QED) is 0.367. The molecule has 1 heterocycles. The molecule has 166 valence electrons. The fourth-order valence-electron chi connectivity index (χ4n) is 3.53. The number of urea groups is 1. The van der Waals surface area contributed by atoms with Crippen molar-refractivity contribution in [1.82, 2.24) is 5.32 Å². The van der Waals surface area contributed by atoms with Gasteiger partial charge in [-0.25, -0.2) is 9.69 Å². The molecule has 0 saturated carbocycles. The van der Waals surface area contributed by atoms with Crippen LogP contribution in [0.5, 0.6) is 5.75 Å². The van der Waals surface area contributed by atoms with E-state index in [-0.39, 0.29) is 5.57 Å². The van der Waals surface area contributed by atoms with Crippen molar-refractivity contribution in [3.63, 3.8) is 0 Å². The van der Waals surface area contributed by atoms with E-state index in [1.807, 2.05) is 49.4 Å². The summed E-state index contributed by atoms with van der Waals surface area (Å²) in [4.78, 5) is 39.2. The molecular formula is C26H21BrN2O4. The predicted molar refractivity (Wildman–Crippen MR) is 130 cm³/mol. The summed E-state index contributed by atoms with van der Waals surface area (Å²) >= 11 is 3.49. The number of nitrogens with zero attached hydrogens (tertiary/aromatic N) is 1. The van der Waals surface area contributed by atoms with Crippen molar-refractivity contribution < 1.29 is 19.1 Å². The first-order chi connectivity index (χ1) is 16.0. The molecule has 3 aromatic rings. The first-order valence-electron chi connectivity index (χ1n) is 10.4. The number of nitrogens with one attached hydrogen (secondary N) is 1. The summed E-state index contributed by atoms with van der Waals surface area (Å²) in [5.74, 6) is -0.755. The second-order valence-electron chi connectivity index (χ2n) is 7.40. The number of carbonyl (C=O) groups is 3. The third-order valence-electron chi connectivity index (χ3n) is 5.22. The molecule has 0 aromatic heterocycles. The summed E-state index contributed by atoms with van der Waals surface area (Å²) < 4.78 is 6.54. The van der Waals surface area contributed by atoms with Crippen molar-refractivity contribution >= 4 is 45.5 Å². The zero-order chi connectivity index (χ0) is 23.4. The van der Waals surface area contributed by atoms with Crippen LogP contribution in [0.3, 0.4) is 0 Å². The lowest BCUT2D eigenvalue weighted by atomic mass is 10.0. The smallest absolute Gasteiger partial charge is 0.335 e. The highest BCUT2D eigenvalue weighted by atomic mass is 79.9. The monoisotopic (exact) mass is 504 g/mol. The number of halogens is 1. The minimum absolute atomic E-state index is 0.120. The van der Waals surface area contributed by atoms with E-state index in [2.05, 4.69) is 21.2 Å². The van der Waals surface area contributed by atoms with Gasteiger partial charge in [0.25, 0.3) is 11.8 Å². The van der Waals surface area contributed by atoms with Crippen LogP contribution in [-0.2, 0) is 22.6 Å². The first kappa shape index (κ1) is 22.5. The SMILES string of the molecule is CCc1ccccc1N1C(=O)NC(=O)/C(=C/c2ccc(OCc3ccccc3)c(Br)c2)C1=O. The van der Waals surface area contributed by atoms with Crippen LogP contribution in [0.4, 0.5) is 10.5 Å². The third-order valence-corrected chi connectivity index (χ3v) is 5.84. The number of barbiturate groups is 1. The number of imide groups is 2.